The fourth-order valence-corrected chi connectivity index (χ4v) is 3.37. The Morgan fingerprint density at radius 2 is 1.92 bits per heavy atom. The van der Waals surface area contributed by atoms with Crippen molar-refractivity contribution in [3.63, 3.8) is 0 Å². The number of hydrogen-bond donors (Lipinski definition) is 2. The first-order valence-corrected chi connectivity index (χ1v) is 9.13. The summed E-state index contributed by atoms with van der Waals surface area (Å²) in [6, 6.07) is 13.3. The molecule has 0 radical (unpaired) electrons. The van der Waals surface area contributed by atoms with Gasteiger partial charge in [-0.1, -0.05) is 12.1 Å². The van der Waals surface area contributed by atoms with Crippen molar-refractivity contribution in [1.82, 2.24) is 10.6 Å². The number of unbranched alkanes of at least 4 members (excludes halogenated alkanes) is 1. The van der Waals surface area contributed by atoms with Crippen LogP contribution in [0.25, 0.3) is 11.3 Å². The highest BCUT2D eigenvalue weighted by Crippen LogP contribution is 2.27. The average molecular weight is 327 g/mol. The van der Waals surface area contributed by atoms with E-state index in [0.717, 1.165) is 37.5 Å². The van der Waals surface area contributed by atoms with Gasteiger partial charge < -0.3 is 20.0 Å². The summed E-state index contributed by atoms with van der Waals surface area (Å²) in [7, 11) is 2.02. The molecule has 0 atom stereocenters. The Kier molecular flexibility index (Phi) is 6.33. The van der Waals surface area contributed by atoms with Crippen LogP contribution in [0.2, 0.25) is 0 Å². The molecule has 130 valence electrons. The first-order chi connectivity index (χ1) is 11.9. The van der Waals surface area contributed by atoms with E-state index in [1.54, 1.807) is 6.26 Å². The molecule has 2 heterocycles. The summed E-state index contributed by atoms with van der Waals surface area (Å²) >= 11 is 0. The molecule has 1 aliphatic rings. The molecule has 2 N–H and O–H groups in total. The highest BCUT2D eigenvalue weighted by molar-refractivity contribution is 5.64. The quantitative estimate of drug-likeness (QED) is 0.728. The maximum atomic E-state index is 5.52. The number of piperidine rings is 1. The maximum absolute atomic E-state index is 5.52. The van der Waals surface area contributed by atoms with Crippen LogP contribution in [0.5, 0.6) is 0 Å². The lowest BCUT2D eigenvalue weighted by molar-refractivity contribution is 0.410. The van der Waals surface area contributed by atoms with Crippen molar-refractivity contribution in [2.75, 3.05) is 38.1 Å². The van der Waals surface area contributed by atoms with Crippen LogP contribution in [0.4, 0.5) is 5.69 Å². The van der Waals surface area contributed by atoms with Crippen molar-refractivity contribution in [2.24, 2.45) is 0 Å². The number of hydrogen-bond acceptors (Lipinski definition) is 4. The second-order valence-corrected chi connectivity index (χ2v) is 6.55. The van der Waals surface area contributed by atoms with Gasteiger partial charge in [-0.25, -0.2) is 0 Å². The average Bonchev–Trinajstić information content (AvgIpc) is 3.17. The van der Waals surface area contributed by atoms with Crippen LogP contribution in [-0.2, 0) is 0 Å². The Labute approximate surface area is 145 Å². The first kappa shape index (κ1) is 17.1. The van der Waals surface area contributed by atoms with Crippen LogP contribution in [-0.4, -0.2) is 39.3 Å². The Balaban J connectivity index is 1.47. The van der Waals surface area contributed by atoms with E-state index in [1.807, 2.05) is 19.2 Å². The first-order valence-electron chi connectivity index (χ1n) is 9.13. The molecule has 1 aliphatic heterocycles. The lowest BCUT2D eigenvalue weighted by Gasteiger charge is -2.34. The number of benzene rings is 1. The summed E-state index contributed by atoms with van der Waals surface area (Å²) < 4.78 is 5.52. The number of anilines is 1. The van der Waals surface area contributed by atoms with Crippen LogP contribution in [0.15, 0.2) is 47.1 Å². The van der Waals surface area contributed by atoms with Gasteiger partial charge in [0.1, 0.15) is 5.76 Å². The van der Waals surface area contributed by atoms with Gasteiger partial charge in [0, 0.05) is 30.4 Å². The second-order valence-electron chi connectivity index (χ2n) is 6.55. The lowest BCUT2D eigenvalue weighted by Crippen LogP contribution is -2.42. The van der Waals surface area contributed by atoms with Crippen molar-refractivity contribution in [2.45, 2.75) is 31.7 Å². The summed E-state index contributed by atoms with van der Waals surface area (Å²) in [4.78, 5) is 2.49. The minimum atomic E-state index is 0.670. The summed E-state index contributed by atoms with van der Waals surface area (Å²) in [5.74, 6) is 0.940. The molecule has 0 saturated carbocycles. The zero-order valence-corrected chi connectivity index (χ0v) is 14.6. The predicted octanol–water partition coefficient (Wildman–Crippen LogP) is 3.50. The minimum absolute atomic E-state index is 0.670. The zero-order valence-electron chi connectivity index (χ0n) is 14.6. The van der Waals surface area contributed by atoms with Crippen molar-refractivity contribution >= 4 is 5.69 Å². The third-order valence-corrected chi connectivity index (χ3v) is 4.80. The molecular weight excluding hydrogens is 298 g/mol. The van der Waals surface area contributed by atoms with Crippen LogP contribution in [0.3, 0.4) is 0 Å². The smallest absolute Gasteiger partial charge is 0.133 e. The van der Waals surface area contributed by atoms with Gasteiger partial charge in [-0.3, -0.25) is 0 Å². The standard InChI is InChI=1S/C20H29N3O/c1-21-11-2-3-12-22-18-9-13-23(14-10-18)19-7-4-6-17(16-19)20-8-5-15-24-20/h4-8,15-16,18,21-22H,2-3,9-14H2,1H3. The SMILES string of the molecule is CNCCCCNC1CCN(c2cccc(-c3ccco3)c2)CC1. The molecule has 0 amide bonds. The monoisotopic (exact) mass is 327 g/mol. The van der Waals surface area contributed by atoms with E-state index in [4.69, 9.17) is 4.42 Å². The number of nitrogens with zero attached hydrogens (tertiary/aromatic N) is 1. The number of nitrogens with one attached hydrogen (secondary N) is 2. The fraction of sp³-hybridized carbons (Fsp3) is 0.500. The Morgan fingerprint density at radius 1 is 1.08 bits per heavy atom. The molecule has 0 unspecified atom stereocenters. The Morgan fingerprint density at radius 3 is 2.67 bits per heavy atom. The van der Waals surface area contributed by atoms with Crippen LogP contribution >= 0.6 is 0 Å². The van der Waals surface area contributed by atoms with Crippen molar-refractivity contribution in [3.05, 3.63) is 42.7 Å². The molecule has 24 heavy (non-hydrogen) atoms. The molecule has 1 aromatic heterocycles. The van der Waals surface area contributed by atoms with Crippen LogP contribution < -0.4 is 15.5 Å². The van der Waals surface area contributed by atoms with Gasteiger partial charge in [-0.05, 0) is 70.1 Å². The van der Waals surface area contributed by atoms with Gasteiger partial charge in [0.2, 0.25) is 0 Å². The van der Waals surface area contributed by atoms with E-state index >= 15 is 0 Å². The van der Waals surface area contributed by atoms with E-state index in [0.29, 0.717) is 6.04 Å². The highest BCUT2D eigenvalue weighted by Gasteiger charge is 2.19. The Bertz CT molecular complexity index is 589. The van der Waals surface area contributed by atoms with E-state index in [1.165, 1.54) is 31.4 Å². The molecule has 0 bridgehead atoms. The van der Waals surface area contributed by atoms with E-state index in [9.17, 15) is 0 Å². The fourth-order valence-electron chi connectivity index (χ4n) is 3.37. The van der Waals surface area contributed by atoms with Crippen LogP contribution in [0, 0.1) is 0 Å². The van der Waals surface area contributed by atoms with Crippen LogP contribution in [0.1, 0.15) is 25.7 Å². The molecule has 4 heteroatoms. The van der Waals surface area contributed by atoms with Crippen molar-refractivity contribution in [3.8, 4) is 11.3 Å². The van der Waals surface area contributed by atoms with Crippen molar-refractivity contribution in [1.29, 1.82) is 0 Å². The molecular formula is C20H29N3O. The highest BCUT2D eigenvalue weighted by atomic mass is 16.3. The molecule has 0 spiro atoms. The topological polar surface area (TPSA) is 40.4 Å². The minimum Gasteiger partial charge on any atom is -0.464 e. The third-order valence-electron chi connectivity index (χ3n) is 4.80. The van der Waals surface area contributed by atoms with Gasteiger partial charge in [0.05, 0.1) is 6.26 Å². The van der Waals surface area contributed by atoms with Gasteiger partial charge >= 0.3 is 0 Å². The molecule has 4 nitrogen and oxygen atoms in total. The third kappa shape index (κ3) is 4.62. The second kappa shape index (κ2) is 8.90. The van der Waals surface area contributed by atoms with Gasteiger partial charge in [-0.2, -0.15) is 0 Å². The molecule has 0 aliphatic carbocycles. The maximum Gasteiger partial charge on any atom is 0.133 e. The summed E-state index contributed by atoms with van der Waals surface area (Å²) in [6.07, 6.45) is 6.68. The number of furan rings is 1. The molecule has 3 rings (SSSR count). The zero-order chi connectivity index (χ0) is 16.6. The summed E-state index contributed by atoms with van der Waals surface area (Å²) in [5.41, 5.74) is 2.46. The summed E-state index contributed by atoms with van der Waals surface area (Å²) in [6.45, 7) is 4.50. The van der Waals surface area contributed by atoms with E-state index in [2.05, 4.69) is 39.8 Å². The molecule has 1 aromatic carbocycles. The van der Waals surface area contributed by atoms with Gasteiger partial charge in [0.25, 0.3) is 0 Å². The largest absolute Gasteiger partial charge is 0.464 e. The Hall–Kier alpha value is -1.78. The van der Waals surface area contributed by atoms with Gasteiger partial charge in [0.15, 0.2) is 0 Å². The normalized spacial score (nSPS) is 15.8. The predicted molar refractivity (Wildman–Crippen MR) is 101 cm³/mol. The lowest BCUT2D eigenvalue weighted by atomic mass is 10.0. The van der Waals surface area contributed by atoms with E-state index < -0.39 is 0 Å². The van der Waals surface area contributed by atoms with E-state index in [-0.39, 0.29) is 0 Å². The number of rotatable bonds is 8. The van der Waals surface area contributed by atoms with Gasteiger partial charge in [-0.15, -0.1) is 0 Å². The molecule has 1 saturated heterocycles. The summed E-state index contributed by atoms with van der Waals surface area (Å²) in [5, 5.41) is 6.92. The molecule has 2 aromatic rings. The molecule has 1 fully saturated rings. The van der Waals surface area contributed by atoms with Crippen molar-refractivity contribution < 1.29 is 4.42 Å².